The van der Waals surface area contributed by atoms with Gasteiger partial charge in [0.15, 0.2) is 21.3 Å². The monoisotopic (exact) mass is 448 g/mol. The number of rotatable bonds is 8. The molecule has 166 valence electrons. The molecule has 2 amide bonds. The van der Waals surface area contributed by atoms with Crippen molar-refractivity contribution < 1.29 is 32.2 Å². The van der Waals surface area contributed by atoms with Crippen LogP contribution >= 0.6 is 0 Å². The Morgan fingerprint density at radius 3 is 2.35 bits per heavy atom. The van der Waals surface area contributed by atoms with E-state index in [1.54, 1.807) is 30.3 Å². The predicted octanol–water partition coefficient (Wildman–Crippen LogP) is 1.74. The first kappa shape index (κ1) is 22.4. The lowest BCUT2D eigenvalue weighted by molar-refractivity contribution is -0.125. The minimum atomic E-state index is -3.28. The zero-order chi connectivity index (χ0) is 22.6. The lowest BCUT2D eigenvalue weighted by Crippen LogP contribution is -2.45. The first-order valence-corrected chi connectivity index (χ1v) is 11.3. The second-order valence-electron chi connectivity index (χ2n) is 7.04. The van der Waals surface area contributed by atoms with Gasteiger partial charge in [-0.25, -0.2) is 13.2 Å². The van der Waals surface area contributed by atoms with E-state index in [0.717, 1.165) is 17.4 Å². The summed E-state index contributed by atoms with van der Waals surface area (Å²) in [6, 6.07) is 10.7. The molecule has 0 spiro atoms. The van der Waals surface area contributed by atoms with Crippen LogP contribution in [0.25, 0.3) is 0 Å². The van der Waals surface area contributed by atoms with Crippen molar-refractivity contribution in [1.29, 1.82) is 0 Å². The molecule has 9 nitrogen and oxygen atoms in total. The van der Waals surface area contributed by atoms with Gasteiger partial charge in [-0.05, 0) is 35.4 Å². The zero-order valence-electron chi connectivity index (χ0n) is 17.5. The molecule has 1 N–H and O–H groups in total. The minimum Gasteiger partial charge on any atom is -0.493 e. The summed E-state index contributed by atoms with van der Waals surface area (Å²) >= 11 is 0. The first-order chi connectivity index (χ1) is 14.7. The van der Waals surface area contributed by atoms with Crippen LogP contribution in [-0.4, -0.2) is 58.4 Å². The van der Waals surface area contributed by atoms with Gasteiger partial charge in [0.25, 0.3) is 0 Å². The average molecular weight is 448 g/mol. The minimum absolute atomic E-state index is 0.0506. The van der Waals surface area contributed by atoms with Gasteiger partial charge >= 0.3 is 6.09 Å². The predicted molar refractivity (Wildman–Crippen MR) is 112 cm³/mol. The zero-order valence-corrected chi connectivity index (χ0v) is 18.3. The fraction of sp³-hybridized carbons (Fsp3) is 0.333. The Hall–Kier alpha value is -3.27. The Balaban J connectivity index is 1.66. The Kier molecular flexibility index (Phi) is 6.69. The number of carbonyl (C=O) groups excluding carboxylic acids is 2. The molecule has 2 aromatic rings. The molecule has 1 aliphatic heterocycles. The molecule has 3 rings (SSSR count). The van der Waals surface area contributed by atoms with Crippen molar-refractivity contribution in [3.8, 4) is 11.5 Å². The van der Waals surface area contributed by atoms with Crippen LogP contribution in [0.15, 0.2) is 47.4 Å². The van der Waals surface area contributed by atoms with E-state index in [4.69, 9.17) is 14.2 Å². The highest BCUT2D eigenvalue weighted by molar-refractivity contribution is 7.90. The van der Waals surface area contributed by atoms with Crippen molar-refractivity contribution >= 4 is 21.8 Å². The molecule has 0 bridgehead atoms. The largest absolute Gasteiger partial charge is 0.493 e. The van der Waals surface area contributed by atoms with Gasteiger partial charge in [0.05, 0.1) is 25.7 Å². The van der Waals surface area contributed by atoms with Crippen molar-refractivity contribution in [3.63, 3.8) is 0 Å². The number of sulfone groups is 1. The molecule has 0 unspecified atom stereocenters. The van der Waals surface area contributed by atoms with Gasteiger partial charge in [0, 0.05) is 12.8 Å². The van der Waals surface area contributed by atoms with E-state index in [2.05, 4.69) is 5.32 Å². The highest BCUT2D eigenvalue weighted by atomic mass is 32.2. The summed E-state index contributed by atoms with van der Waals surface area (Å²) in [4.78, 5) is 26.4. The summed E-state index contributed by atoms with van der Waals surface area (Å²) in [6.07, 6.45) is 0.556. The smallest absolute Gasteiger partial charge is 0.410 e. The number of amides is 2. The molecule has 0 aliphatic carbocycles. The number of methoxy groups -OCH3 is 2. The summed E-state index contributed by atoms with van der Waals surface area (Å²) in [6.45, 7) is 0.309. The number of ether oxygens (including phenoxy) is 3. The summed E-state index contributed by atoms with van der Waals surface area (Å²) in [5.74, 6) is 0.719. The Labute approximate surface area is 180 Å². The fourth-order valence-corrected chi connectivity index (χ4v) is 3.81. The van der Waals surface area contributed by atoms with E-state index in [9.17, 15) is 18.0 Å². The van der Waals surface area contributed by atoms with E-state index < -0.39 is 22.0 Å². The van der Waals surface area contributed by atoms with Crippen LogP contribution in [0, 0.1) is 0 Å². The Morgan fingerprint density at radius 2 is 1.74 bits per heavy atom. The van der Waals surface area contributed by atoms with Crippen LogP contribution in [0.3, 0.4) is 0 Å². The van der Waals surface area contributed by atoms with Gasteiger partial charge in [0.1, 0.15) is 12.6 Å². The van der Waals surface area contributed by atoms with Crippen LogP contribution in [0.5, 0.6) is 11.5 Å². The highest BCUT2D eigenvalue weighted by Gasteiger charge is 2.38. The van der Waals surface area contributed by atoms with E-state index in [-0.39, 0.29) is 30.5 Å². The maximum Gasteiger partial charge on any atom is 0.410 e. The molecule has 1 heterocycles. The summed E-state index contributed by atoms with van der Waals surface area (Å²) in [7, 11) is -0.231. The van der Waals surface area contributed by atoms with Crippen molar-refractivity contribution in [2.24, 2.45) is 0 Å². The molecule has 2 aromatic carbocycles. The van der Waals surface area contributed by atoms with Crippen molar-refractivity contribution in [3.05, 3.63) is 53.6 Å². The van der Waals surface area contributed by atoms with Crippen LogP contribution in [0.1, 0.15) is 11.1 Å². The number of carbonyl (C=O) groups is 2. The summed E-state index contributed by atoms with van der Waals surface area (Å²) in [5, 5.41) is 2.77. The number of nitrogens with one attached hydrogen (secondary N) is 1. The number of benzene rings is 2. The SMILES string of the molecule is COc1ccc(CN2C(=O)OC[C@H]2C(=O)NCc2ccc(S(C)(=O)=O)cc2)cc1OC. The molecule has 1 aliphatic rings. The summed E-state index contributed by atoms with van der Waals surface area (Å²) < 4.78 is 38.7. The van der Waals surface area contributed by atoms with Crippen LogP contribution < -0.4 is 14.8 Å². The molecule has 31 heavy (non-hydrogen) atoms. The third-order valence-electron chi connectivity index (χ3n) is 4.90. The van der Waals surface area contributed by atoms with E-state index in [1.807, 2.05) is 0 Å². The maximum absolute atomic E-state index is 12.7. The van der Waals surface area contributed by atoms with Gasteiger partial charge in [-0.15, -0.1) is 0 Å². The normalized spacial score (nSPS) is 16.0. The van der Waals surface area contributed by atoms with E-state index in [1.165, 1.54) is 31.3 Å². The quantitative estimate of drug-likeness (QED) is 0.655. The van der Waals surface area contributed by atoms with E-state index >= 15 is 0 Å². The second kappa shape index (κ2) is 9.25. The van der Waals surface area contributed by atoms with Crippen LogP contribution in [0.4, 0.5) is 4.79 Å². The molecule has 0 saturated carbocycles. The topological polar surface area (TPSA) is 111 Å². The molecule has 1 atom stereocenters. The molecule has 1 saturated heterocycles. The van der Waals surface area contributed by atoms with Gasteiger partial charge in [-0.3, -0.25) is 9.69 Å². The first-order valence-electron chi connectivity index (χ1n) is 9.44. The van der Waals surface area contributed by atoms with Crippen molar-refractivity contribution in [1.82, 2.24) is 10.2 Å². The van der Waals surface area contributed by atoms with Crippen LogP contribution in [0.2, 0.25) is 0 Å². The summed E-state index contributed by atoms with van der Waals surface area (Å²) in [5.41, 5.74) is 1.49. The van der Waals surface area contributed by atoms with E-state index in [0.29, 0.717) is 11.5 Å². The average Bonchev–Trinajstić information content (AvgIpc) is 3.11. The maximum atomic E-state index is 12.7. The van der Waals surface area contributed by atoms with Gasteiger partial charge in [0.2, 0.25) is 5.91 Å². The third-order valence-corrected chi connectivity index (χ3v) is 6.03. The molecule has 10 heteroatoms. The number of cyclic esters (lactones) is 1. The molecular formula is C21H24N2O7S. The second-order valence-corrected chi connectivity index (χ2v) is 9.06. The van der Waals surface area contributed by atoms with Gasteiger partial charge in [-0.1, -0.05) is 18.2 Å². The number of hydrogen-bond acceptors (Lipinski definition) is 7. The Morgan fingerprint density at radius 1 is 1.10 bits per heavy atom. The van der Waals surface area contributed by atoms with Crippen molar-refractivity contribution in [2.45, 2.75) is 24.0 Å². The van der Waals surface area contributed by atoms with Crippen LogP contribution in [-0.2, 0) is 32.5 Å². The molecule has 0 radical (unpaired) electrons. The van der Waals surface area contributed by atoms with Gasteiger partial charge < -0.3 is 19.5 Å². The van der Waals surface area contributed by atoms with Gasteiger partial charge in [-0.2, -0.15) is 0 Å². The molecule has 1 fully saturated rings. The lowest BCUT2D eigenvalue weighted by atomic mass is 10.1. The molecular weight excluding hydrogens is 424 g/mol. The fourth-order valence-electron chi connectivity index (χ4n) is 3.18. The number of hydrogen-bond donors (Lipinski definition) is 1. The lowest BCUT2D eigenvalue weighted by Gasteiger charge is -2.21. The van der Waals surface area contributed by atoms with Crippen molar-refractivity contribution in [2.75, 3.05) is 27.1 Å². The highest BCUT2D eigenvalue weighted by Crippen LogP contribution is 2.29. The standard InChI is InChI=1S/C21H24N2O7S/c1-28-18-9-6-15(10-19(18)29-2)12-23-17(13-30-21(23)25)20(24)22-11-14-4-7-16(8-5-14)31(3,26)27/h4-10,17H,11-13H2,1-3H3,(H,22,24)/t17-/m0/s1. The third kappa shape index (κ3) is 5.26. The Bertz CT molecular complexity index is 1070. The number of nitrogens with zero attached hydrogens (tertiary/aromatic N) is 1. The molecule has 0 aromatic heterocycles.